The summed E-state index contributed by atoms with van der Waals surface area (Å²) < 4.78 is 5.48. The van der Waals surface area contributed by atoms with Crippen molar-refractivity contribution in [3.63, 3.8) is 0 Å². The third-order valence-electron chi connectivity index (χ3n) is 5.55. The molecule has 7 nitrogen and oxygen atoms in total. The predicted molar refractivity (Wildman–Crippen MR) is 117 cm³/mol. The first kappa shape index (κ1) is 22.3. The molecule has 0 aliphatic heterocycles. The molecular weight excluding hydrogens is 396 g/mol. The van der Waals surface area contributed by atoms with E-state index in [2.05, 4.69) is 22.8 Å². The first-order valence-corrected chi connectivity index (χ1v) is 10.6. The number of carboxylic acids is 1. The minimum atomic E-state index is -1.09. The minimum Gasteiger partial charge on any atom is -0.480 e. The van der Waals surface area contributed by atoms with Crippen molar-refractivity contribution in [3.05, 3.63) is 59.7 Å². The van der Waals surface area contributed by atoms with Crippen LogP contribution in [0.1, 0.15) is 50.2 Å². The highest BCUT2D eigenvalue weighted by Gasteiger charge is 2.30. The zero-order chi connectivity index (χ0) is 22.4. The quantitative estimate of drug-likeness (QED) is 0.570. The summed E-state index contributed by atoms with van der Waals surface area (Å²) in [6.07, 6.45) is 0.552. The Bertz CT molecular complexity index is 913. The summed E-state index contributed by atoms with van der Waals surface area (Å²) in [6, 6.07) is 14.2. The molecule has 0 fully saturated rings. The molecule has 0 spiro atoms. The molecule has 1 aliphatic rings. The fraction of sp³-hybridized carbons (Fsp3) is 0.375. The number of carboxylic acid groups (broad SMARTS) is 1. The third kappa shape index (κ3) is 5.05. The van der Waals surface area contributed by atoms with E-state index in [0.717, 1.165) is 22.3 Å². The number of aliphatic carboxylic acids is 1. The maximum Gasteiger partial charge on any atom is 0.407 e. The maximum absolute atomic E-state index is 12.4. The molecule has 3 N–H and O–H groups in total. The Morgan fingerprint density at radius 1 is 0.935 bits per heavy atom. The van der Waals surface area contributed by atoms with E-state index >= 15 is 0 Å². The minimum absolute atomic E-state index is 0.0759. The number of carbonyl (C=O) groups excluding carboxylic acids is 2. The van der Waals surface area contributed by atoms with Gasteiger partial charge in [-0.1, -0.05) is 68.8 Å². The smallest absolute Gasteiger partial charge is 0.407 e. The lowest BCUT2D eigenvalue weighted by Crippen LogP contribution is -2.51. The number of alkyl carbamates (subject to hydrolysis) is 1. The number of amides is 2. The van der Waals surface area contributed by atoms with Crippen LogP contribution in [0.5, 0.6) is 0 Å². The van der Waals surface area contributed by atoms with Crippen molar-refractivity contribution < 1.29 is 24.2 Å². The fourth-order valence-corrected chi connectivity index (χ4v) is 3.95. The van der Waals surface area contributed by atoms with Gasteiger partial charge in [0.2, 0.25) is 5.91 Å². The summed E-state index contributed by atoms with van der Waals surface area (Å²) in [6.45, 7) is 3.73. The van der Waals surface area contributed by atoms with Crippen molar-refractivity contribution in [3.8, 4) is 11.1 Å². The molecule has 0 heterocycles. The van der Waals surface area contributed by atoms with Gasteiger partial charge in [-0.25, -0.2) is 9.59 Å². The summed E-state index contributed by atoms with van der Waals surface area (Å²) in [4.78, 5) is 36.1. The number of hydrogen-bond donors (Lipinski definition) is 3. The van der Waals surface area contributed by atoms with E-state index in [4.69, 9.17) is 4.74 Å². The van der Waals surface area contributed by atoms with Gasteiger partial charge >= 0.3 is 12.1 Å². The maximum atomic E-state index is 12.4. The Kier molecular flexibility index (Phi) is 7.28. The van der Waals surface area contributed by atoms with Gasteiger partial charge in [-0.2, -0.15) is 0 Å². The Labute approximate surface area is 181 Å². The lowest BCUT2D eigenvalue weighted by molar-refractivity contribution is -0.142. The molecule has 2 aromatic carbocycles. The highest BCUT2D eigenvalue weighted by atomic mass is 16.5. The Morgan fingerprint density at radius 2 is 1.52 bits per heavy atom. The van der Waals surface area contributed by atoms with Crippen molar-refractivity contribution in [2.24, 2.45) is 0 Å². The molecule has 0 saturated heterocycles. The summed E-state index contributed by atoms with van der Waals surface area (Å²) in [7, 11) is 0. The number of carbonyl (C=O) groups is 3. The van der Waals surface area contributed by atoms with Crippen LogP contribution in [0, 0.1) is 0 Å². The molecule has 2 amide bonds. The Hall–Kier alpha value is -3.35. The van der Waals surface area contributed by atoms with E-state index in [1.807, 2.05) is 43.3 Å². The molecule has 2 aromatic rings. The van der Waals surface area contributed by atoms with Gasteiger partial charge in [-0.3, -0.25) is 4.79 Å². The van der Waals surface area contributed by atoms with Crippen LogP contribution in [-0.4, -0.2) is 41.8 Å². The van der Waals surface area contributed by atoms with E-state index in [1.165, 1.54) is 0 Å². The molecule has 2 atom stereocenters. The van der Waals surface area contributed by atoms with Crippen LogP contribution in [0.2, 0.25) is 0 Å². The standard InChI is InChI=1S/C24H28N2O5/c1-3-9-21(23(28)29)25-22(27)20(4-2)26-24(30)31-14-19-17-12-7-5-10-15(17)16-11-6-8-13-18(16)19/h5-8,10-13,19-21H,3-4,9,14H2,1-2H3,(H,25,27)(H,26,30)(H,28,29)/t20-,21+/m1/s1. The summed E-state index contributed by atoms with van der Waals surface area (Å²) >= 11 is 0. The average Bonchev–Trinajstić information content (AvgIpc) is 3.09. The van der Waals surface area contributed by atoms with Crippen LogP contribution in [-0.2, 0) is 14.3 Å². The van der Waals surface area contributed by atoms with E-state index in [0.29, 0.717) is 19.3 Å². The average molecular weight is 424 g/mol. The molecule has 0 radical (unpaired) electrons. The summed E-state index contributed by atoms with van der Waals surface area (Å²) in [5.74, 6) is -1.70. The molecular formula is C24H28N2O5. The first-order chi connectivity index (χ1) is 15.0. The zero-order valence-electron chi connectivity index (χ0n) is 17.8. The predicted octanol–water partition coefficient (Wildman–Crippen LogP) is 3.67. The molecule has 164 valence electrons. The van der Waals surface area contributed by atoms with Crippen molar-refractivity contribution in [1.82, 2.24) is 10.6 Å². The molecule has 31 heavy (non-hydrogen) atoms. The normalized spacial score (nSPS) is 14.1. The van der Waals surface area contributed by atoms with Crippen LogP contribution in [0.3, 0.4) is 0 Å². The van der Waals surface area contributed by atoms with E-state index in [-0.39, 0.29) is 12.5 Å². The third-order valence-corrected chi connectivity index (χ3v) is 5.55. The van der Waals surface area contributed by atoms with Crippen molar-refractivity contribution >= 4 is 18.0 Å². The Balaban J connectivity index is 1.62. The molecule has 0 bridgehead atoms. The van der Waals surface area contributed by atoms with Crippen LogP contribution in [0.4, 0.5) is 4.79 Å². The molecule has 0 aromatic heterocycles. The summed E-state index contributed by atoms with van der Waals surface area (Å²) in [5.41, 5.74) is 4.47. The number of benzene rings is 2. The van der Waals surface area contributed by atoms with Gasteiger partial charge in [0, 0.05) is 5.92 Å². The number of nitrogens with one attached hydrogen (secondary N) is 2. The number of ether oxygens (including phenoxy) is 1. The zero-order valence-corrected chi connectivity index (χ0v) is 17.8. The van der Waals surface area contributed by atoms with Crippen molar-refractivity contribution in [2.45, 2.75) is 51.1 Å². The molecule has 7 heteroatoms. The summed E-state index contributed by atoms with van der Waals surface area (Å²) in [5, 5.41) is 14.3. The number of hydrogen-bond acceptors (Lipinski definition) is 4. The van der Waals surface area contributed by atoms with Crippen molar-refractivity contribution in [1.29, 1.82) is 0 Å². The lowest BCUT2D eigenvalue weighted by Gasteiger charge is -2.21. The fourth-order valence-electron chi connectivity index (χ4n) is 3.95. The monoisotopic (exact) mass is 424 g/mol. The second kappa shape index (κ2) is 10.1. The lowest BCUT2D eigenvalue weighted by atomic mass is 9.98. The highest BCUT2D eigenvalue weighted by molar-refractivity contribution is 5.89. The number of fused-ring (bicyclic) bond motifs is 3. The number of rotatable bonds is 9. The van der Waals surface area contributed by atoms with Gasteiger partial charge < -0.3 is 20.5 Å². The van der Waals surface area contributed by atoms with Gasteiger partial charge in [0.05, 0.1) is 0 Å². The van der Waals surface area contributed by atoms with Crippen molar-refractivity contribution in [2.75, 3.05) is 6.61 Å². The van der Waals surface area contributed by atoms with Crippen LogP contribution >= 0.6 is 0 Å². The Morgan fingerprint density at radius 3 is 2.03 bits per heavy atom. The van der Waals surface area contributed by atoms with Gasteiger partial charge in [0.25, 0.3) is 0 Å². The highest BCUT2D eigenvalue weighted by Crippen LogP contribution is 2.44. The topological polar surface area (TPSA) is 105 Å². The van der Waals surface area contributed by atoms with Crippen LogP contribution < -0.4 is 10.6 Å². The SMILES string of the molecule is CCC[C@H](NC(=O)[C@@H](CC)NC(=O)OCC1c2ccccc2-c2ccccc21)C(=O)O. The second-order valence-corrected chi connectivity index (χ2v) is 7.62. The van der Waals surface area contributed by atoms with E-state index in [1.54, 1.807) is 6.92 Å². The van der Waals surface area contributed by atoms with Gasteiger partial charge in [-0.05, 0) is 35.1 Å². The van der Waals surface area contributed by atoms with Gasteiger partial charge in [-0.15, -0.1) is 0 Å². The second-order valence-electron chi connectivity index (χ2n) is 7.62. The van der Waals surface area contributed by atoms with Gasteiger partial charge in [0.15, 0.2) is 0 Å². The van der Waals surface area contributed by atoms with E-state index < -0.39 is 30.1 Å². The first-order valence-electron chi connectivity index (χ1n) is 10.6. The molecule has 0 unspecified atom stereocenters. The van der Waals surface area contributed by atoms with Crippen LogP contribution in [0.15, 0.2) is 48.5 Å². The molecule has 1 aliphatic carbocycles. The van der Waals surface area contributed by atoms with Crippen LogP contribution in [0.25, 0.3) is 11.1 Å². The van der Waals surface area contributed by atoms with E-state index in [9.17, 15) is 19.5 Å². The molecule has 0 saturated carbocycles. The molecule has 3 rings (SSSR count). The largest absolute Gasteiger partial charge is 0.480 e. The van der Waals surface area contributed by atoms with Gasteiger partial charge in [0.1, 0.15) is 18.7 Å².